The van der Waals surface area contributed by atoms with Crippen molar-refractivity contribution in [2.24, 2.45) is 0 Å². The lowest BCUT2D eigenvalue weighted by Gasteiger charge is -2.36. The van der Waals surface area contributed by atoms with Gasteiger partial charge in [-0.25, -0.2) is 0 Å². The summed E-state index contributed by atoms with van der Waals surface area (Å²) in [5, 5.41) is 9.38. The summed E-state index contributed by atoms with van der Waals surface area (Å²) in [6.45, 7) is 4.67. The van der Waals surface area contributed by atoms with E-state index in [0.717, 1.165) is 38.3 Å². The highest BCUT2D eigenvalue weighted by molar-refractivity contribution is 5.85. The Balaban J connectivity index is 0.00000304. The highest BCUT2D eigenvalue weighted by Gasteiger charge is 2.28. The molecule has 36 heavy (non-hydrogen) atoms. The minimum absolute atomic E-state index is 0. The number of rotatable bonds is 7. The number of halogens is 1. The van der Waals surface area contributed by atoms with E-state index < -0.39 is 0 Å². The molecule has 0 bridgehead atoms. The van der Waals surface area contributed by atoms with Crippen LogP contribution < -0.4 is 4.90 Å². The van der Waals surface area contributed by atoms with Crippen LogP contribution in [0.2, 0.25) is 0 Å². The van der Waals surface area contributed by atoms with Crippen LogP contribution in [0.25, 0.3) is 11.1 Å². The lowest BCUT2D eigenvalue weighted by molar-refractivity contribution is -0.131. The molecule has 1 aliphatic heterocycles. The third-order valence-electron chi connectivity index (χ3n) is 7.47. The zero-order valence-corrected chi connectivity index (χ0v) is 21.6. The number of piperazine rings is 1. The van der Waals surface area contributed by atoms with Crippen molar-refractivity contribution in [1.29, 1.82) is 5.26 Å². The lowest BCUT2D eigenvalue weighted by atomic mass is 9.93. The summed E-state index contributed by atoms with van der Waals surface area (Å²) in [5.41, 5.74) is 7.24. The van der Waals surface area contributed by atoms with Gasteiger partial charge in [-0.15, -0.1) is 12.4 Å². The van der Waals surface area contributed by atoms with Crippen molar-refractivity contribution in [3.05, 3.63) is 89.5 Å². The summed E-state index contributed by atoms with van der Waals surface area (Å²) in [4.78, 5) is 19.4. The van der Waals surface area contributed by atoms with Gasteiger partial charge in [0.15, 0.2) is 0 Å². The second kappa shape index (κ2) is 11.6. The van der Waals surface area contributed by atoms with Crippen LogP contribution in [0.4, 0.5) is 5.69 Å². The van der Waals surface area contributed by atoms with Crippen LogP contribution in [-0.4, -0.2) is 62.0 Å². The molecule has 1 amide bonds. The maximum absolute atomic E-state index is 12.9. The van der Waals surface area contributed by atoms with Gasteiger partial charge in [0.2, 0.25) is 5.91 Å². The maximum atomic E-state index is 12.9. The molecular formula is C30H33ClN4O. The molecule has 6 heteroatoms. The van der Waals surface area contributed by atoms with Crippen LogP contribution in [0.1, 0.15) is 35.4 Å². The van der Waals surface area contributed by atoms with Crippen LogP contribution in [0.15, 0.2) is 72.8 Å². The van der Waals surface area contributed by atoms with Crippen LogP contribution in [0, 0.1) is 11.3 Å². The molecule has 0 spiro atoms. The Labute approximate surface area is 220 Å². The van der Waals surface area contributed by atoms with Gasteiger partial charge < -0.3 is 14.7 Å². The van der Waals surface area contributed by atoms with Crippen molar-refractivity contribution in [2.45, 2.75) is 18.8 Å². The Morgan fingerprint density at radius 2 is 1.47 bits per heavy atom. The molecule has 186 valence electrons. The second-order valence-corrected chi connectivity index (χ2v) is 9.57. The second-order valence-electron chi connectivity index (χ2n) is 9.57. The number of benzene rings is 3. The van der Waals surface area contributed by atoms with Gasteiger partial charge in [0, 0.05) is 45.1 Å². The summed E-state index contributed by atoms with van der Waals surface area (Å²) >= 11 is 0. The number of carbonyl (C=O) groups excluding carboxylic acids is 1. The molecule has 2 aliphatic rings. The highest BCUT2D eigenvalue weighted by Crippen LogP contribution is 2.46. The Kier molecular flexibility index (Phi) is 8.30. The van der Waals surface area contributed by atoms with Crippen LogP contribution in [0.5, 0.6) is 0 Å². The van der Waals surface area contributed by atoms with Gasteiger partial charge in [0.25, 0.3) is 0 Å². The van der Waals surface area contributed by atoms with Gasteiger partial charge in [0.1, 0.15) is 6.07 Å². The van der Waals surface area contributed by atoms with Crippen molar-refractivity contribution >= 4 is 24.0 Å². The van der Waals surface area contributed by atoms with E-state index >= 15 is 0 Å². The van der Waals surface area contributed by atoms with Gasteiger partial charge in [-0.05, 0) is 54.4 Å². The van der Waals surface area contributed by atoms with Crippen molar-refractivity contribution in [2.75, 3.05) is 51.2 Å². The summed E-state index contributed by atoms with van der Waals surface area (Å²) in [5.74, 6) is 0.645. The van der Waals surface area contributed by atoms with Crippen LogP contribution in [0.3, 0.4) is 0 Å². The van der Waals surface area contributed by atoms with Crippen LogP contribution in [-0.2, 0) is 4.79 Å². The minimum atomic E-state index is 0. The molecule has 0 radical (unpaired) electrons. The molecule has 0 aromatic heterocycles. The molecule has 0 unspecified atom stereocenters. The molecule has 1 saturated heterocycles. The van der Waals surface area contributed by atoms with E-state index in [-0.39, 0.29) is 18.3 Å². The zero-order chi connectivity index (χ0) is 24.2. The zero-order valence-electron chi connectivity index (χ0n) is 20.8. The van der Waals surface area contributed by atoms with E-state index in [2.05, 4.69) is 71.4 Å². The number of hydrogen-bond acceptors (Lipinski definition) is 4. The fraction of sp³-hybridized carbons (Fsp3) is 0.333. The number of amides is 1. The topological polar surface area (TPSA) is 50.6 Å². The number of anilines is 1. The Hall–Kier alpha value is -3.33. The predicted octanol–water partition coefficient (Wildman–Crippen LogP) is 5.15. The number of hydrogen-bond donors (Lipinski definition) is 0. The van der Waals surface area contributed by atoms with Crippen molar-refractivity contribution in [3.8, 4) is 17.2 Å². The Morgan fingerprint density at radius 1 is 0.889 bits per heavy atom. The average molecular weight is 501 g/mol. The Bertz CT molecular complexity index is 1200. The molecule has 0 N–H and O–H groups in total. The predicted molar refractivity (Wildman–Crippen MR) is 148 cm³/mol. The maximum Gasteiger partial charge on any atom is 0.223 e. The van der Waals surface area contributed by atoms with E-state index in [4.69, 9.17) is 0 Å². The van der Waals surface area contributed by atoms with Crippen LogP contribution >= 0.6 is 12.4 Å². The fourth-order valence-electron chi connectivity index (χ4n) is 5.52. The molecule has 0 saturated carbocycles. The SMILES string of the molecule is CN(CCC(=O)N1CCN(c2ccccc2C#N)CC1)CCC1c2ccccc2-c2ccccc21.Cl. The molecule has 1 fully saturated rings. The molecule has 0 atom stereocenters. The minimum Gasteiger partial charge on any atom is -0.367 e. The molecule has 5 rings (SSSR count). The smallest absolute Gasteiger partial charge is 0.223 e. The number of nitriles is 1. The lowest BCUT2D eigenvalue weighted by Crippen LogP contribution is -2.49. The third-order valence-corrected chi connectivity index (χ3v) is 7.47. The summed E-state index contributed by atoms with van der Waals surface area (Å²) in [6, 6.07) is 27.5. The van der Waals surface area contributed by atoms with Gasteiger partial charge in [0.05, 0.1) is 11.3 Å². The van der Waals surface area contributed by atoms with Gasteiger partial charge in [-0.1, -0.05) is 60.7 Å². The molecule has 5 nitrogen and oxygen atoms in total. The van der Waals surface area contributed by atoms with Crippen molar-refractivity contribution < 1.29 is 4.79 Å². The summed E-state index contributed by atoms with van der Waals surface area (Å²) in [6.07, 6.45) is 1.60. The molecular weight excluding hydrogens is 468 g/mol. The molecule has 1 aliphatic carbocycles. The van der Waals surface area contributed by atoms with E-state index in [0.29, 0.717) is 31.0 Å². The van der Waals surface area contributed by atoms with E-state index in [1.54, 1.807) is 0 Å². The first-order valence-corrected chi connectivity index (χ1v) is 12.5. The highest BCUT2D eigenvalue weighted by atomic mass is 35.5. The van der Waals surface area contributed by atoms with E-state index in [1.807, 2.05) is 29.2 Å². The number of carbonyl (C=O) groups is 1. The first kappa shape index (κ1) is 25.8. The third kappa shape index (κ3) is 5.26. The summed E-state index contributed by atoms with van der Waals surface area (Å²) in [7, 11) is 2.12. The van der Waals surface area contributed by atoms with Gasteiger partial charge in [-0.2, -0.15) is 5.26 Å². The first-order valence-electron chi connectivity index (χ1n) is 12.5. The monoisotopic (exact) mass is 500 g/mol. The first-order chi connectivity index (χ1) is 17.2. The largest absolute Gasteiger partial charge is 0.367 e. The standard InChI is InChI=1S/C30H32N4O.ClH/c1-32(16-14-28-26-11-5-3-9-24(26)25-10-4-6-12-27(25)28)17-15-30(35)34-20-18-33(19-21-34)29-13-7-2-8-23(29)22-31;/h2-13,28H,14-21H2,1H3;1H. The van der Waals surface area contributed by atoms with Gasteiger partial charge in [-0.3, -0.25) is 4.79 Å². The molecule has 3 aromatic carbocycles. The van der Waals surface area contributed by atoms with Crippen molar-refractivity contribution in [1.82, 2.24) is 9.80 Å². The van der Waals surface area contributed by atoms with E-state index in [9.17, 15) is 10.1 Å². The number of para-hydroxylation sites is 1. The fourth-order valence-corrected chi connectivity index (χ4v) is 5.52. The number of nitrogens with zero attached hydrogens (tertiary/aromatic N) is 4. The average Bonchev–Trinajstić information content (AvgIpc) is 3.24. The normalized spacial score (nSPS) is 14.7. The quantitative estimate of drug-likeness (QED) is 0.450. The van der Waals surface area contributed by atoms with Gasteiger partial charge >= 0.3 is 0 Å². The molecule has 3 aromatic rings. The number of fused-ring (bicyclic) bond motifs is 3. The van der Waals surface area contributed by atoms with Crippen molar-refractivity contribution in [3.63, 3.8) is 0 Å². The summed E-state index contributed by atoms with van der Waals surface area (Å²) < 4.78 is 0. The Morgan fingerprint density at radius 3 is 2.11 bits per heavy atom. The van der Waals surface area contributed by atoms with E-state index in [1.165, 1.54) is 22.3 Å². The molecule has 1 heterocycles.